The Hall–Kier alpha value is -1.82. The van der Waals surface area contributed by atoms with E-state index < -0.39 is 0 Å². The number of nitrogens with zero attached hydrogens (tertiary/aromatic N) is 3. The molecule has 0 unspecified atom stereocenters. The molecule has 120 valence electrons. The van der Waals surface area contributed by atoms with Crippen molar-refractivity contribution >= 4 is 11.7 Å². The zero-order valence-electron chi connectivity index (χ0n) is 13.1. The van der Waals surface area contributed by atoms with E-state index in [1.807, 2.05) is 17.0 Å². The summed E-state index contributed by atoms with van der Waals surface area (Å²) < 4.78 is 5.25. The predicted molar refractivity (Wildman–Crippen MR) is 85.2 cm³/mol. The molecular formula is C16H24N4O2. The number of methoxy groups -OCH3 is 1. The molecule has 0 saturated carbocycles. The minimum Gasteiger partial charge on any atom is -0.497 e. The van der Waals surface area contributed by atoms with Crippen molar-refractivity contribution in [3.05, 3.63) is 18.3 Å². The van der Waals surface area contributed by atoms with Gasteiger partial charge in [-0.3, -0.25) is 4.79 Å². The fourth-order valence-corrected chi connectivity index (χ4v) is 3.18. The second-order valence-electron chi connectivity index (χ2n) is 5.89. The van der Waals surface area contributed by atoms with E-state index in [1.54, 1.807) is 13.3 Å². The predicted octanol–water partition coefficient (Wildman–Crippen LogP) is 0.738. The Morgan fingerprint density at radius 3 is 2.68 bits per heavy atom. The summed E-state index contributed by atoms with van der Waals surface area (Å²) in [7, 11) is 1.66. The van der Waals surface area contributed by atoms with Crippen molar-refractivity contribution in [1.29, 1.82) is 0 Å². The van der Waals surface area contributed by atoms with Crippen LogP contribution >= 0.6 is 0 Å². The molecular weight excluding hydrogens is 280 g/mol. The van der Waals surface area contributed by atoms with Crippen molar-refractivity contribution in [3.63, 3.8) is 0 Å². The normalized spacial score (nSPS) is 20.0. The van der Waals surface area contributed by atoms with E-state index in [4.69, 9.17) is 4.74 Å². The number of pyridine rings is 1. The zero-order chi connectivity index (χ0) is 15.4. The SMILES string of the molecule is COc1ccnc(N2CCN(C(=O)C3CCNCC3)CC2)c1. The largest absolute Gasteiger partial charge is 0.497 e. The molecule has 0 aliphatic carbocycles. The van der Waals surface area contributed by atoms with Gasteiger partial charge >= 0.3 is 0 Å². The van der Waals surface area contributed by atoms with E-state index in [2.05, 4.69) is 15.2 Å². The maximum atomic E-state index is 12.5. The number of hydrogen-bond acceptors (Lipinski definition) is 5. The Labute approximate surface area is 131 Å². The summed E-state index contributed by atoms with van der Waals surface area (Å²) in [5.74, 6) is 2.29. The van der Waals surface area contributed by atoms with E-state index in [0.29, 0.717) is 5.91 Å². The number of amides is 1. The van der Waals surface area contributed by atoms with Crippen LogP contribution in [0.5, 0.6) is 5.75 Å². The fourth-order valence-electron chi connectivity index (χ4n) is 3.18. The number of rotatable bonds is 3. The summed E-state index contributed by atoms with van der Waals surface area (Å²) in [6.07, 6.45) is 3.70. The molecule has 1 amide bonds. The van der Waals surface area contributed by atoms with Gasteiger partial charge in [-0.15, -0.1) is 0 Å². The van der Waals surface area contributed by atoms with Crippen molar-refractivity contribution in [3.8, 4) is 5.75 Å². The van der Waals surface area contributed by atoms with Crippen LogP contribution in [-0.2, 0) is 4.79 Å². The highest BCUT2D eigenvalue weighted by Gasteiger charge is 2.28. The molecule has 3 rings (SSSR count). The number of carbonyl (C=O) groups is 1. The first-order valence-electron chi connectivity index (χ1n) is 8.02. The molecule has 6 nitrogen and oxygen atoms in total. The third-order valence-electron chi connectivity index (χ3n) is 4.56. The third kappa shape index (κ3) is 3.32. The molecule has 3 heterocycles. The van der Waals surface area contributed by atoms with Crippen LogP contribution in [0.25, 0.3) is 0 Å². The molecule has 22 heavy (non-hydrogen) atoms. The monoisotopic (exact) mass is 304 g/mol. The van der Waals surface area contributed by atoms with Crippen molar-refractivity contribution in [2.24, 2.45) is 5.92 Å². The van der Waals surface area contributed by atoms with Crippen LogP contribution in [0.2, 0.25) is 0 Å². The second-order valence-corrected chi connectivity index (χ2v) is 5.89. The Kier molecular flexibility index (Phi) is 4.77. The number of piperazine rings is 1. The van der Waals surface area contributed by atoms with Crippen LogP contribution in [0.3, 0.4) is 0 Å². The lowest BCUT2D eigenvalue weighted by molar-refractivity contribution is -0.136. The van der Waals surface area contributed by atoms with E-state index in [1.165, 1.54) is 0 Å². The van der Waals surface area contributed by atoms with E-state index >= 15 is 0 Å². The molecule has 1 aromatic heterocycles. The van der Waals surface area contributed by atoms with Gasteiger partial charge in [-0.25, -0.2) is 4.98 Å². The lowest BCUT2D eigenvalue weighted by atomic mass is 9.96. The molecule has 2 saturated heterocycles. The van der Waals surface area contributed by atoms with Gasteiger partial charge in [0.25, 0.3) is 0 Å². The third-order valence-corrected chi connectivity index (χ3v) is 4.56. The first-order chi connectivity index (χ1) is 10.8. The molecule has 2 aliphatic heterocycles. The number of ether oxygens (including phenoxy) is 1. The first-order valence-corrected chi connectivity index (χ1v) is 8.02. The van der Waals surface area contributed by atoms with Crippen molar-refractivity contribution in [2.75, 3.05) is 51.3 Å². The van der Waals surface area contributed by atoms with Crippen molar-refractivity contribution < 1.29 is 9.53 Å². The first kappa shape index (κ1) is 15.1. The average Bonchev–Trinajstić information content (AvgIpc) is 2.62. The molecule has 0 bridgehead atoms. The summed E-state index contributed by atoms with van der Waals surface area (Å²) in [6, 6.07) is 3.80. The standard InChI is InChI=1S/C16H24N4O2/c1-22-14-4-7-18-15(12-14)19-8-10-20(11-9-19)16(21)13-2-5-17-6-3-13/h4,7,12-13,17H,2-3,5-6,8-11H2,1H3. The lowest BCUT2D eigenvalue weighted by Crippen LogP contribution is -2.51. The highest BCUT2D eigenvalue weighted by atomic mass is 16.5. The zero-order valence-corrected chi connectivity index (χ0v) is 13.1. The molecule has 1 N–H and O–H groups in total. The number of carbonyl (C=O) groups excluding carboxylic acids is 1. The molecule has 2 fully saturated rings. The summed E-state index contributed by atoms with van der Waals surface area (Å²) in [5, 5.41) is 3.31. The smallest absolute Gasteiger partial charge is 0.225 e. The number of anilines is 1. The summed E-state index contributed by atoms with van der Waals surface area (Å²) in [6.45, 7) is 5.14. The maximum absolute atomic E-state index is 12.5. The Morgan fingerprint density at radius 1 is 1.27 bits per heavy atom. The average molecular weight is 304 g/mol. The molecule has 2 aliphatic rings. The molecule has 0 spiro atoms. The Balaban J connectivity index is 1.56. The number of piperidine rings is 1. The minimum atomic E-state index is 0.211. The summed E-state index contributed by atoms with van der Waals surface area (Å²) >= 11 is 0. The Bertz CT molecular complexity index is 509. The van der Waals surface area contributed by atoms with E-state index in [9.17, 15) is 4.79 Å². The molecule has 1 aromatic rings. The van der Waals surface area contributed by atoms with Gasteiger partial charge in [0, 0.05) is 44.4 Å². The van der Waals surface area contributed by atoms with Crippen LogP contribution in [0.1, 0.15) is 12.8 Å². The lowest BCUT2D eigenvalue weighted by Gasteiger charge is -2.37. The highest BCUT2D eigenvalue weighted by molar-refractivity contribution is 5.79. The Morgan fingerprint density at radius 2 is 2.00 bits per heavy atom. The molecule has 0 radical (unpaired) electrons. The highest BCUT2D eigenvalue weighted by Crippen LogP contribution is 2.21. The summed E-state index contributed by atoms with van der Waals surface area (Å²) in [4.78, 5) is 21.2. The van der Waals surface area contributed by atoms with Gasteiger partial charge in [-0.1, -0.05) is 0 Å². The van der Waals surface area contributed by atoms with Crippen LogP contribution in [0, 0.1) is 5.92 Å². The van der Waals surface area contributed by atoms with Gasteiger partial charge in [-0.05, 0) is 32.0 Å². The van der Waals surface area contributed by atoms with E-state index in [0.717, 1.165) is 63.7 Å². The van der Waals surface area contributed by atoms with Gasteiger partial charge < -0.3 is 19.9 Å². The quantitative estimate of drug-likeness (QED) is 0.892. The van der Waals surface area contributed by atoms with E-state index in [-0.39, 0.29) is 5.92 Å². The molecule has 6 heteroatoms. The van der Waals surface area contributed by atoms with Gasteiger partial charge in [0.1, 0.15) is 11.6 Å². The van der Waals surface area contributed by atoms with Crippen LogP contribution in [0.4, 0.5) is 5.82 Å². The van der Waals surface area contributed by atoms with Gasteiger partial charge in [0.05, 0.1) is 7.11 Å². The van der Waals surface area contributed by atoms with Crippen LogP contribution < -0.4 is 15.0 Å². The number of nitrogens with one attached hydrogen (secondary N) is 1. The van der Waals surface area contributed by atoms with Crippen molar-refractivity contribution in [1.82, 2.24) is 15.2 Å². The number of hydrogen-bond donors (Lipinski definition) is 1. The molecule has 0 aromatic carbocycles. The van der Waals surface area contributed by atoms with Gasteiger partial charge in [0.15, 0.2) is 0 Å². The van der Waals surface area contributed by atoms with Crippen LogP contribution in [0.15, 0.2) is 18.3 Å². The topological polar surface area (TPSA) is 57.7 Å². The molecule has 0 atom stereocenters. The number of aromatic nitrogens is 1. The van der Waals surface area contributed by atoms with Gasteiger partial charge in [-0.2, -0.15) is 0 Å². The summed E-state index contributed by atoms with van der Waals surface area (Å²) in [5.41, 5.74) is 0. The fraction of sp³-hybridized carbons (Fsp3) is 0.625. The maximum Gasteiger partial charge on any atom is 0.225 e. The van der Waals surface area contributed by atoms with Gasteiger partial charge in [0.2, 0.25) is 5.91 Å². The van der Waals surface area contributed by atoms with Crippen molar-refractivity contribution in [2.45, 2.75) is 12.8 Å². The second kappa shape index (κ2) is 6.96. The minimum absolute atomic E-state index is 0.211. The van der Waals surface area contributed by atoms with Crippen LogP contribution in [-0.4, -0.2) is 62.2 Å².